The summed E-state index contributed by atoms with van der Waals surface area (Å²) < 4.78 is 19.8. The topological polar surface area (TPSA) is 39.2 Å². The summed E-state index contributed by atoms with van der Waals surface area (Å²) in [5, 5.41) is 0. The summed E-state index contributed by atoms with van der Waals surface area (Å²) >= 11 is 0. The molecule has 0 amide bonds. The van der Waals surface area contributed by atoms with E-state index in [1.165, 1.54) is 0 Å². The number of aromatic nitrogens is 1. The summed E-state index contributed by atoms with van der Waals surface area (Å²) in [7, 11) is 1.63. The molecule has 1 unspecified atom stereocenters. The van der Waals surface area contributed by atoms with Crippen molar-refractivity contribution in [1.29, 1.82) is 0 Å². The van der Waals surface area contributed by atoms with E-state index in [2.05, 4.69) is 4.98 Å². The minimum Gasteiger partial charge on any atom is -0.497 e. The Morgan fingerprint density at radius 1 is 1.20 bits per heavy atom. The Bertz CT molecular complexity index is 840. The Morgan fingerprint density at radius 3 is 2.76 bits per heavy atom. The van der Waals surface area contributed by atoms with Gasteiger partial charge < -0.3 is 4.74 Å². The average Bonchev–Trinajstić information content (AvgIpc) is 2.66. The summed E-state index contributed by atoms with van der Waals surface area (Å²) in [6.45, 7) is 1.70. The number of Topliss-reactive ketones (excluding diaryl/α,β-unsaturated/α-hetero) is 1. The first kappa shape index (κ1) is 17.1. The third-order valence-corrected chi connectivity index (χ3v) is 4.50. The number of rotatable bonds is 5. The van der Waals surface area contributed by atoms with E-state index in [-0.39, 0.29) is 0 Å². The predicted molar refractivity (Wildman–Crippen MR) is 96.1 cm³/mol. The van der Waals surface area contributed by atoms with E-state index in [0.717, 1.165) is 23.3 Å². The van der Waals surface area contributed by atoms with Crippen LogP contribution in [-0.4, -0.2) is 24.0 Å². The van der Waals surface area contributed by atoms with Crippen LogP contribution in [0.1, 0.15) is 24.5 Å². The van der Waals surface area contributed by atoms with Crippen molar-refractivity contribution < 1.29 is 13.9 Å². The smallest absolute Gasteiger partial charge is 0.197 e. The molecule has 1 aromatic carbocycles. The van der Waals surface area contributed by atoms with Gasteiger partial charge in [-0.3, -0.25) is 9.78 Å². The number of aryl methyl sites for hydroxylation is 1. The van der Waals surface area contributed by atoms with E-state index < -0.39 is 12.0 Å². The van der Waals surface area contributed by atoms with Crippen LogP contribution in [0.2, 0.25) is 0 Å². The fraction of sp³-hybridized carbons (Fsp3) is 0.238. The Balaban J connectivity index is 1.86. The van der Waals surface area contributed by atoms with Crippen molar-refractivity contribution in [3.8, 4) is 5.75 Å². The first-order valence-corrected chi connectivity index (χ1v) is 8.23. The van der Waals surface area contributed by atoms with Crippen LogP contribution in [-0.2, 0) is 11.2 Å². The van der Waals surface area contributed by atoms with Crippen molar-refractivity contribution >= 4 is 11.4 Å². The van der Waals surface area contributed by atoms with Crippen LogP contribution in [0.4, 0.5) is 4.39 Å². The highest BCUT2D eigenvalue weighted by Gasteiger charge is 2.30. The minimum absolute atomic E-state index is 0.393. The average molecular weight is 337 g/mol. The van der Waals surface area contributed by atoms with E-state index in [1.807, 2.05) is 24.3 Å². The molecule has 1 aliphatic carbocycles. The van der Waals surface area contributed by atoms with E-state index in [4.69, 9.17) is 4.74 Å². The lowest BCUT2D eigenvalue weighted by atomic mass is 9.85. The molecule has 25 heavy (non-hydrogen) atoms. The number of nitrogens with zero attached hydrogens (tertiary/aromatic N) is 1. The lowest BCUT2D eigenvalue weighted by molar-refractivity contribution is -0.118. The molecule has 4 heteroatoms. The van der Waals surface area contributed by atoms with E-state index in [1.54, 1.807) is 44.6 Å². The van der Waals surface area contributed by atoms with Gasteiger partial charge in [-0.15, -0.1) is 0 Å². The maximum absolute atomic E-state index is 14.5. The Kier molecular flexibility index (Phi) is 5.08. The fourth-order valence-corrected chi connectivity index (χ4v) is 2.99. The highest BCUT2D eigenvalue weighted by molar-refractivity contribution is 6.09. The largest absolute Gasteiger partial charge is 0.497 e. The molecular weight excluding hydrogens is 317 g/mol. The van der Waals surface area contributed by atoms with Gasteiger partial charge in [0, 0.05) is 18.0 Å². The van der Waals surface area contributed by atoms with Crippen LogP contribution in [0, 0.1) is 0 Å². The molecule has 0 N–H and O–H groups in total. The van der Waals surface area contributed by atoms with E-state index in [9.17, 15) is 9.18 Å². The maximum Gasteiger partial charge on any atom is 0.197 e. The van der Waals surface area contributed by atoms with Gasteiger partial charge in [0.15, 0.2) is 12.0 Å². The molecule has 1 heterocycles. The Morgan fingerprint density at radius 2 is 2.04 bits per heavy atom. The van der Waals surface area contributed by atoms with Gasteiger partial charge in [-0.2, -0.15) is 0 Å². The van der Waals surface area contributed by atoms with Gasteiger partial charge in [0.2, 0.25) is 0 Å². The van der Waals surface area contributed by atoms with Gasteiger partial charge in [0.25, 0.3) is 0 Å². The molecule has 3 rings (SSSR count). The number of alkyl halides is 1. The third kappa shape index (κ3) is 3.68. The molecule has 0 saturated heterocycles. The number of carbonyl (C=O) groups excluding carboxylic acids is 1. The Labute approximate surface area is 146 Å². The molecule has 0 fully saturated rings. The van der Waals surface area contributed by atoms with Crippen molar-refractivity contribution in [2.24, 2.45) is 0 Å². The molecule has 128 valence electrons. The van der Waals surface area contributed by atoms with E-state index >= 15 is 0 Å². The van der Waals surface area contributed by atoms with Gasteiger partial charge in [-0.1, -0.05) is 24.3 Å². The number of ether oxygens (including phenoxy) is 1. The second-order valence-corrected chi connectivity index (χ2v) is 6.07. The van der Waals surface area contributed by atoms with Crippen LogP contribution < -0.4 is 4.74 Å². The molecular formula is C21H20FNO2. The lowest BCUT2D eigenvalue weighted by Crippen LogP contribution is -2.23. The zero-order valence-electron chi connectivity index (χ0n) is 14.3. The van der Waals surface area contributed by atoms with Crippen LogP contribution in [0.15, 0.2) is 66.0 Å². The summed E-state index contributed by atoms with van der Waals surface area (Å²) in [5.74, 6) is 0.348. The van der Waals surface area contributed by atoms with Crippen LogP contribution in [0.5, 0.6) is 5.75 Å². The molecule has 1 aromatic heterocycles. The first-order valence-electron chi connectivity index (χ1n) is 8.23. The van der Waals surface area contributed by atoms with Gasteiger partial charge in [0.1, 0.15) is 5.75 Å². The number of ketones is 1. The number of carbonyl (C=O) groups is 1. The van der Waals surface area contributed by atoms with Crippen molar-refractivity contribution in [2.45, 2.75) is 25.9 Å². The summed E-state index contributed by atoms with van der Waals surface area (Å²) in [5.41, 5.74) is 3.54. The summed E-state index contributed by atoms with van der Waals surface area (Å²) in [6, 6.07) is 11.4. The number of pyridine rings is 1. The molecule has 0 radical (unpaired) electrons. The van der Waals surface area contributed by atoms with Gasteiger partial charge in [-0.05, 0) is 60.2 Å². The maximum atomic E-state index is 14.5. The van der Waals surface area contributed by atoms with Crippen LogP contribution in [0.25, 0.3) is 5.57 Å². The Hall–Kier alpha value is -2.75. The second-order valence-electron chi connectivity index (χ2n) is 6.07. The zero-order chi connectivity index (χ0) is 17.8. The standard InChI is InChI=1S/C21H20FNO2/c1-14-16(9-8-15-5-3-7-18(11-15)25-2)12-19(20(22)21(14)24)17-6-4-10-23-13-17/h3-7,10-13,20H,8-9H2,1-2H3. The fourth-order valence-electron chi connectivity index (χ4n) is 2.99. The second kappa shape index (κ2) is 7.43. The highest BCUT2D eigenvalue weighted by Crippen LogP contribution is 2.32. The third-order valence-electron chi connectivity index (χ3n) is 4.50. The van der Waals surface area contributed by atoms with Crippen LogP contribution >= 0.6 is 0 Å². The molecule has 0 spiro atoms. The van der Waals surface area contributed by atoms with Gasteiger partial charge >= 0.3 is 0 Å². The molecule has 0 saturated carbocycles. The number of hydrogen-bond acceptors (Lipinski definition) is 3. The normalized spacial score (nSPS) is 17.5. The number of methoxy groups -OCH3 is 1. The van der Waals surface area contributed by atoms with Crippen molar-refractivity contribution in [3.05, 3.63) is 77.1 Å². The number of halogens is 1. The molecule has 0 bridgehead atoms. The van der Waals surface area contributed by atoms with Crippen molar-refractivity contribution in [3.63, 3.8) is 0 Å². The predicted octanol–water partition coefficient (Wildman–Crippen LogP) is 4.34. The SMILES string of the molecule is COc1cccc(CCC2=C(C)C(=O)C(F)C(c3cccnc3)=C2)c1. The molecule has 1 aliphatic rings. The van der Waals surface area contributed by atoms with Crippen LogP contribution in [0.3, 0.4) is 0 Å². The summed E-state index contributed by atoms with van der Waals surface area (Å²) in [6.07, 6.45) is 4.83. The molecule has 1 atom stereocenters. The summed E-state index contributed by atoms with van der Waals surface area (Å²) in [4.78, 5) is 16.3. The molecule has 0 aliphatic heterocycles. The van der Waals surface area contributed by atoms with Crippen molar-refractivity contribution in [1.82, 2.24) is 4.98 Å². The first-order chi connectivity index (χ1) is 12.1. The number of hydrogen-bond donors (Lipinski definition) is 0. The minimum atomic E-state index is -1.62. The lowest BCUT2D eigenvalue weighted by Gasteiger charge is -2.21. The number of allylic oxidation sites excluding steroid dienone is 4. The highest BCUT2D eigenvalue weighted by atomic mass is 19.1. The monoisotopic (exact) mass is 337 g/mol. The van der Waals surface area contributed by atoms with Gasteiger partial charge in [-0.25, -0.2) is 4.39 Å². The quantitative estimate of drug-likeness (QED) is 0.814. The van der Waals surface area contributed by atoms with Crippen molar-refractivity contribution in [2.75, 3.05) is 7.11 Å². The number of benzene rings is 1. The van der Waals surface area contributed by atoms with Gasteiger partial charge in [0.05, 0.1) is 7.11 Å². The zero-order valence-corrected chi connectivity index (χ0v) is 14.3. The molecule has 3 nitrogen and oxygen atoms in total. The molecule has 2 aromatic rings. The van der Waals surface area contributed by atoms with E-state index in [0.29, 0.717) is 23.1 Å².